The van der Waals surface area contributed by atoms with E-state index in [-0.39, 0.29) is 46.1 Å². The predicted octanol–water partition coefficient (Wildman–Crippen LogP) is 3.95. The van der Waals surface area contributed by atoms with Gasteiger partial charge in [-0.3, -0.25) is 9.59 Å². The highest BCUT2D eigenvalue weighted by Gasteiger charge is 2.23. The molecule has 10 heteroatoms. The fourth-order valence-electron chi connectivity index (χ4n) is 3.39. The van der Waals surface area contributed by atoms with Crippen molar-refractivity contribution in [3.63, 3.8) is 0 Å². The number of nitrogens with zero attached hydrogens (tertiary/aromatic N) is 2. The molecule has 0 radical (unpaired) electrons. The highest BCUT2D eigenvalue weighted by Crippen LogP contribution is 2.31. The molecule has 0 fully saturated rings. The maximum absolute atomic E-state index is 13.4. The number of ether oxygens (including phenoxy) is 2. The largest absolute Gasteiger partial charge is 0.497 e. The van der Waals surface area contributed by atoms with Gasteiger partial charge < -0.3 is 14.8 Å². The molecule has 0 saturated carbocycles. The van der Waals surface area contributed by atoms with Crippen LogP contribution in [0, 0.1) is 5.82 Å². The van der Waals surface area contributed by atoms with Gasteiger partial charge in [-0.05, 0) is 48.9 Å². The van der Waals surface area contributed by atoms with Crippen molar-refractivity contribution in [2.45, 2.75) is 13.3 Å². The van der Waals surface area contributed by atoms with Crippen molar-refractivity contribution in [1.29, 1.82) is 0 Å². The number of methoxy groups -OCH3 is 1. The summed E-state index contributed by atoms with van der Waals surface area (Å²) in [5.74, 6) is -0.918. The zero-order valence-electron chi connectivity index (χ0n) is 18.3. The Morgan fingerprint density at radius 1 is 1.18 bits per heavy atom. The molecule has 2 aromatic heterocycles. The Hall–Kier alpha value is -4.05. The van der Waals surface area contributed by atoms with Crippen molar-refractivity contribution in [2.24, 2.45) is 0 Å². The second-order valence-electron chi connectivity index (χ2n) is 7.19. The first-order chi connectivity index (χ1) is 16.4. The lowest BCUT2D eigenvalue weighted by molar-refractivity contribution is -0.115. The van der Waals surface area contributed by atoms with Crippen LogP contribution in [0.25, 0.3) is 16.5 Å². The van der Waals surface area contributed by atoms with Crippen molar-refractivity contribution in [3.05, 3.63) is 81.3 Å². The lowest BCUT2D eigenvalue weighted by Crippen LogP contribution is -2.25. The number of nitrogens with one attached hydrogen (secondary N) is 1. The number of hydrogen-bond acceptors (Lipinski definition) is 7. The van der Waals surface area contributed by atoms with Gasteiger partial charge in [-0.25, -0.2) is 9.18 Å². The van der Waals surface area contributed by atoms with E-state index < -0.39 is 17.3 Å². The molecule has 0 aliphatic heterocycles. The summed E-state index contributed by atoms with van der Waals surface area (Å²) in [6, 6.07) is 12.2. The number of anilines is 1. The minimum Gasteiger partial charge on any atom is -0.497 e. The first-order valence-corrected chi connectivity index (χ1v) is 11.2. The Morgan fingerprint density at radius 3 is 2.65 bits per heavy atom. The van der Waals surface area contributed by atoms with Crippen molar-refractivity contribution in [1.82, 2.24) is 9.78 Å². The van der Waals surface area contributed by atoms with E-state index in [1.165, 1.54) is 31.4 Å². The maximum Gasteiger partial charge on any atom is 0.359 e. The van der Waals surface area contributed by atoms with Gasteiger partial charge in [-0.15, -0.1) is 11.3 Å². The van der Waals surface area contributed by atoms with Crippen molar-refractivity contribution < 1.29 is 23.5 Å². The second-order valence-corrected chi connectivity index (χ2v) is 8.07. The van der Waals surface area contributed by atoms with Gasteiger partial charge >= 0.3 is 5.97 Å². The molecule has 0 saturated heterocycles. The van der Waals surface area contributed by atoms with E-state index in [1.807, 2.05) is 0 Å². The molecule has 0 atom stereocenters. The van der Waals surface area contributed by atoms with Gasteiger partial charge in [0.2, 0.25) is 5.91 Å². The SMILES string of the molecule is CCOC(=O)c1nn(-c2ccc(F)cc2)c(=O)c2c(NC(=O)Cc3cccc(OC)c3)scc12. The lowest BCUT2D eigenvalue weighted by atomic mass is 10.1. The number of fused-ring (bicyclic) bond motifs is 1. The lowest BCUT2D eigenvalue weighted by Gasteiger charge is -2.10. The molecule has 2 heterocycles. The average Bonchev–Trinajstić information content (AvgIpc) is 3.24. The van der Waals surface area contributed by atoms with Crippen LogP contribution < -0.4 is 15.6 Å². The minimum absolute atomic E-state index is 0.0541. The van der Waals surface area contributed by atoms with Gasteiger partial charge in [-0.2, -0.15) is 9.78 Å². The van der Waals surface area contributed by atoms with Gasteiger partial charge in [0.25, 0.3) is 5.56 Å². The summed E-state index contributed by atoms with van der Waals surface area (Å²) in [5, 5.41) is 9.18. The molecule has 1 N–H and O–H groups in total. The van der Waals surface area contributed by atoms with E-state index >= 15 is 0 Å². The summed E-state index contributed by atoms with van der Waals surface area (Å²) in [6.07, 6.45) is 0.0541. The standard InChI is InChI=1S/C24H20FN3O5S/c1-3-33-24(31)21-18-13-34-22(26-19(29)12-14-5-4-6-17(11-14)32-2)20(18)23(30)28(27-21)16-9-7-15(25)8-10-16/h4-11,13H,3,12H2,1-2H3,(H,26,29). The van der Waals surface area contributed by atoms with Gasteiger partial charge in [0.1, 0.15) is 16.6 Å². The van der Waals surface area contributed by atoms with Gasteiger partial charge in [0.15, 0.2) is 5.69 Å². The number of benzene rings is 2. The van der Waals surface area contributed by atoms with Crippen molar-refractivity contribution in [2.75, 3.05) is 19.0 Å². The number of halogens is 1. The van der Waals surface area contributed by atoms with E-state index in [1.54, 1.807) is 36.6 Å². The summed E-state index contributed by atoms with van der Waals surface area (Å²) < 4.78 is 24.7. The predicted molar refractivity (Wildman–Crippen MR) is 126 cm³/mol. The van der Waals surface area contributed by atoms with Gasteiger partial charge in [0.05, 0.1) is 31.2 Å². The fraction of sp³-hybridized carbons (Fsp3) is 0.167. The van der Waals surface area contributed by atoms with E-state index in [0.29, 0.717) is 5.75 Å². The van der Waals surface area contributed by atoms with E-state index in [0.717, 1.165) is 21.6 Å². The van der Waals surface area contributed by atoms with Crippen molar-refractivity contribution in [3.8, 4) is 11.4 Å². The maximum atomic E-state index is 13.4. The topological polar surface area (TPSA) is 99.5 Å². The number of rotatable bonds is 7. The van der Waals surface area contributed by atoms with Gasteiger partial charge in [-0.1, -0.05) is 12.1 Å². The van der Waals surface area contributed by atoms with Crippen LogP contribution in [0.2, 0.25) is 0 Å². The molecule has 34 heavy (non-hydrogen) atoms. The number of aromatic nitrogens is 2. The van der Waals surface area contributed by atoms with Crippen LogP contribution in [0.1, 0.15) is 23.0 Å². The molecule has 0 aliphatic carbocycles. The molecule has 0 aliphatic rings. The molecule has 8 nitrogen and oxygen atoms in total. The van der Waals surface area contributed by atoms with Crippen LogP contribution in [-0.2, 0) is 16.0 Å². The van der Waals surface area contributed by atoms with Gasteiger partial charge in [0, 0.05) is 10.8 Å². The quantitative estimate of drug-likeness (QED) is 0.401. The number of esters is 1. The molecule has 0 spiro atoms. The first kappa shape index (κ1) is 23.1. The molecular weight excluding hydrogens is 461 g/mol. The Bertz CT molecular complexity index is 1430. The van der Waals surface area contributed by atoms with Crippen LogP contribution in [0.3, 0.4) is 0 Å². The van der Waals surface area contributed by atoms with Crippen molar-refractivity contribution >= 4 is 39.0 Å². The van der Waals surface area contributed by atoms with Crippen LogP contribution in [0.15, 0.2) is 58.7 Å². The number of carbonyl (C=O) groups is 2. The monoisotopic (exact) mass is 481 g/mol. The smallest absolute Gasteiger partial charge is 0.359 e. The number of amides is 1. The molecule has 1 amide bonds. The second kappa shape index (κ2) is 9.84. The number of thiophene rings is 1. The van der Waals surface area contributed by atoms with Crippen LogP contribution in [0.5, 0.6) is 5.75 Å². The van der Waals surface area contributed by atoms with Crippen LogP contribution in [-0.4, -0.2) is 35.4 Å². The fourth-order valence-corrected chi connectivity index (χ4v) is 4.34. The molecule has 0 unspecified atom stereocenters. The third-order valence-corrected chi connectivity index (χ3v) is 5.84. The Kier molecular flexibility index (Phi) is 6.69. The molecule has 2 aromatic carbocycles. The molecule has 0 bridgehead atoms. The van der Waals surface area contributed by atoms with Crippen LogP contribution >= 0.6 is 11.3 Å². The number of carbonyl (C=O) groups excluding carboxylic acids is 2. The first-order valence-electron chi connectivity index (χ1n) is 10.3. The molecule has 174 valence electrons. The third-order valence-electron chi connectivity index (χ3n) is 4.94. The summed E-state index contributed by atoms with van der Waals surface area (Å²) in [4.78, 5) is 38.7. The van der Waals surface area contributed by atoms with E-state index in [4.69, 9.17) is 9.47 Å². The molecule has 4 aromatic rings. The normalized spacial score (nSPS) is 10.8. The minimum atomic E-state index is -0.713. The molecular formula is C24H20FN3O5S. The third kappa shape index (κ3) is 4.67. The zero-order valence-corrected chi connectivity index (χ0v) is 19.1. The summed E-state index contributed by atoms with van der Waals surface area (Å²) >= 11 is 1.10. The Balaban J connectivity index is 1.77. The zero-order chi connectivity index (χ0) is 24.2. The average molecular weight is 482 g/mol. The summed E-state index contributed by atoms with van der Waals surface area (Å²) in [7, 11) is 1.54. The highest BCUT2D eigenvalue weighted by atomic mass is 32.1. The Labute approximate surface area is 197 Å². The highest BCUT2D eigenvalue weighted by molar-refractivity contribution is 7.16. The van der Waals surface area contributed by atoms with E-state index in [2.05, 4.69) is 10.4 Å². The molecule has 4 rings (SSSR count). The van der Waals surface area contributed by atoms with E-state index in [9.17, 15) is 18.8 Å². The Morgan fingerprint density at radius 2 is 1.94 bits per heavy atom. The summed E-state index contributed by atoms with van der Waals surface area (Å²) in [6.45, 7) is 1.77. The van der Waals surface area contributed by atoms with Crippen LogP contribution in [0.4, 0.5) is 9.39 Å². The summed E-state index contributed by atoms with van der Waals surface area (Å²) in [5.41, 5.74) is 0.354. The number of hydrogen-bond donors (Lipinski definition) is 1.